The molecule has 0 N–H and O–H groups in total. The third-order valence-electron chi connectivity index (χ3n) is 1.49. The van der Waals surface area contributed by atoms with Crippen LogP contribution in [-0.4, -0.2) is 43.0 Å². The highest BCUT2D eigenvalue weighted by atomic mass is 16.6. The molecule has 0 fully saturated rings. The van der Waals surface area contributed by atoms with E-state index >= 15 is 0 Å². The fraction of sp³-hybridized carbons (Fsp3) is 0.600. The minimum absolute atomic E-state index is 0.236. The summed E-state index contributed by atoms with van der Waals surface area (Å²) in [6.07, 6.45) is -0.917. The second-order valence-electron chi connectivity index (χ2n) is 3.19. The highest BCUT2D eigenvalue weighted by Gasteiger charge is 2.18. The van der Waals surface area contributed by atoms with E-state index in [2.05, 4.69) is 9.47 Å². The van der Waals surface area contributed by atoms with Crippen molar-refractivity contribution in [3.8, 4) is 0 Å². The minimum Gasteiger partial charge on any atom is -0.462 e. The summed E-state index contributed by atoms with van der Waals surface area (Å²) in [7, 11) is 0. The van der Waals surface area contributed by atoms with E-state index in [-0.39, 0.29) is 13.2 Å². The van der Waals surface area contributed by atoms with Crippen LogP contribution in [0.25, 0.3) is 0 Å². The van der Waals surface area contributed by atoms with Crippen LogP contribution in [0.3, 0.4) is 0 Å². The molecule has 0 aromatic carbocycles. The summed E-state index contributed by atoms with van der Waals surface area (Å²) >= 11 is 0. The molecule has 0 aliphatic rings. The molecule has 0 aromatic heterocycles. The summed E-state index contributed by atoms with van der Waals surface area (Å²) in [5, 5.41) is 0. The molecule has 0 saturated carbocycles. The van der Waals surface area contributed by atoms with E-state index < -0.39 is 29.8 Å². The Morgan fingerprint density at radius 1 is 0.882 bits per heavy atom. The van der Waals surface area contributed by atoms with E-state index in [9.17, 15) is 19.2 Å². The Labute approximate surface area is 98.0 Å². The molecule has 0 spiro atoms. The number of Topliss-reactive ketones (excluding diaryl/α,β-unsaturated/α-hetero) is 1. The molecule has 1 atom stereocenters. The monoisotopic (exact) mass is 246 g/mol. The second kappa shape index (κ2) is 7.37. The van der Waals surface area contributed by atoms with Gasteiger partial charge in [-0.25, -0.2) is 4.79 Å². The van der Waals surface area contributed by atoms with Crippen molar-refractivity contribution in [3.63, 3.8) is 0 Å². The van der Waals surface area contributed by atoms with Gasteiger partial charge in [0.1, 0.15) is 13.2 Å². The van der Waals surface area contributed by atoms with Gasteiger partial charge in [-0.2, -0.15) is 0 Å². The van der Waals surface area contributed by atoms with Crippen molar-refractivity contribution in [1.29, 1.82) is 0 Å². The third-order valence-corrected chi connectivity index (χ3v) is 1.49. The van der Waals surface area contributed by atoms with Crippen LogP contribution in [0.1, 0.15) is 20.8 Å². The normalized spacial score (nSPS) is 11.2. The summed E-state index contributed by atoms with van der Waals surface area (Å²) < 4.78 is 13.9. The van der Waals surface area contributed by atoms with Gasteiger partial charge in [0.2, 0.25) is 5.78 Å². The molecular weight excluding hydrogens is 232 g/mol. The van der Waals surface area contributed by atoms with Gasteiger partial charge in [-0.3, -0.25) is 14.4 Å². The third kappa shape index (κ3) is 7.95. The maximum absolute atomic E-state index is 10.9. The number of hydrogen-bond acceptors (Lipinski definition) is 7. The standard InChI is InChI=1S/C10H14O7/c1-6(11)10(14)16-5-9(17-8(3)13)4-15-7(2)12/h9H,4-5H2,1-3H3. The molecule has 0 amide bonds. The maximum Gasteiger partial charge on any atom is 0.374 e. The lowest BCUT2D eigenvalue weighted by atomic mass is 10.4. The van der Waals surface area contributed by atoms with Crippen LogP contribution < -0.4 is 0 Å². The van der Waals surface area contributed by atoms with Crippen LogP contribution in [-0.2, 0) is 33.4 Å². The lowest BCUT2D eigenvalue weighted by molar-refractivity contribution is -0.166. The highest BCUT2D eigenvalue weighted by molar-refractivity contribution is 6.32. The molecule has 0 rings (SSSR count). The largest absolute Gasteiger partial charge is 0.462 e. The van der Waals surface area contributed by atoms with Crippen LogP contribution in [0.2, 0.25) is 0 Å². The predicted molar refractivity (Wildman–Crippen MR) is 53.8 cm³/mol. The zero-order chi connectivity index (χ0) is 13.4. The molecule has 17 heavy (non-hydrogen) atoms. The molecule has 0 radical (unpaired) electrons. The molecule has 0 aliphatic heterocycles. The molecule has 0 heterocycles. The smallest absolute Gasteiger partial charge is 0.374 e. The Hall–Kier alpha value is -1.92. The van der Waals surface area contributed by atoms with E-state index in [1.165, 1.54) is 6.92 Å². The molecule has 1 unspecified atom stereocenters. The molecule has 7 nitrogen and oxygen atoms in total. The topological polar surface area (TPSA) is 96.0 Å². The quantitative estimate of drug-likeness (QED) is 0.358. The first-order valence-corrected chi connectivity index (χ1v) is 4.81. The number of ether oxygens (including phenoxy) is 3. The van der Waals surface area contributed by atoms with Gasteiger partial charge >= 0.3 is 17.9 Å². The first-order chi connectivity index (χ1) is 7.82. The fourth-order valence-electron chi connectivity index (χ4n) is 0.831. The number of carbonyl (C=O) groups excluding carboxylic acids is 4. The van der Waals surface area contributed by atoms with Gasteiger partial charge in [-0.15, -0.1) is 0 Å². The van der Waals surface area contributed by atoms with Crippen molar-refractivity contribution < 1.29 is 33.4 Å². The number of ketones is 1. The zero-order valence-electron chi connectivity index (χ0n) is 9.85. The number of esters is 3. The van der Waals surface area contributed by atoms with Crippen LogP contribution >= 0.6 is 0 Å². The molecule has 0 aliphatic carbocycles. The summed E-state index contributed by atoms with van der Waals surface area (Å²) in [6.45, 7) is 2.82. The van der Waals surface area contributed by atoms with Gasteiger partial charge in [-0.1, -0.05) is 0 Å². The summed E-state index contributed by atoms with van der Waals surface area (Å²) in [5.41, 5.74) is 0. The Morgan fingerprint density at radius 2 is 1.41 bits per heavy atom. The lowest BCUT2D eigenvalue weighted by Crippen LogP contribution is -2.30. The first kappa shape index (κ1) is 15.1. The van der Waals surface area contributed by atoms with E-state index in [1.807, 2.05) is 0 Å². The summed E-state index contributed by atoms with van der Waals surface area (Å²) in [4.78, 5) is 42.7. The van der Waals surface area contributed by atoms with Crippen molar-refractivity contribution in [3.05, 3.63) is 0 Å². The van der Waals surface area contributed by atoms with Crippen LogP contribution in [0.15, 0.2) is 0 Å². The summed E-state index contributed by atoms with van der Waals surface area (Å²) in [6, 6.07) is 0. The average Bonchev–Trinajstić information content (AvgIpc) is 2.20. The molecule has 0 bridgehead atoms. The Kier molecular flexibility index (Phi) is 6.54. The first-order valence-electron chi connectivity index (χ1n) is 4.81. The van der Waals surface area contributed by atoms with Gasteiger partial charge in [0.05, 0.1) is 0 Å². The SMILES string of the molecule is CC(=O)OCC(COC(=O)C(C)=O)OC(C)=O. The second-order valence-corrected chi connectivity index (χ2v) is 3.19. The number of rotatable bonds is 6. The number of hydrogen-bond donors (Lipinski definition) is 0. The van der Waals surface area contributed by atoms with Gasteiger partial charge < -0.3 is 14.2 Å². The Morgan fingerprint density at radius 3 is 1.82 bits per heavy atom. The highest BCUT2D eigenvalue weighted by Crippen LogP contribution is 1.97. The Bertz CT molecular complexity index is 321. The molecule has 7 heteroatoms. The summed E-state index contributed by atoms with van der Waals surface area (Å²) in [5.74, 6) is -2.97. The van der Waals surface area contributed by atoms with E-state index in [1.54, 1.807) is 0 Å². The van der Waals surface area contributed by atoms with Crippen LogP contribution in [0, 0.1) is 0 Å². The van der Waals surface area contributed by atoms with Gasteiger partial charge in [0, 0.05) is 20.8 Å². The van der Waals surface area contributed by atoms with Gasteiger partial charge in [-0.05, 0) is 0 Å². The lowest BCUT2D eigenvalue weighted by Gasteiger charge is -2.16. The van der Waals surface area contributed by atoms with Gasteiger partial charge in [0.25, 0.3) is 0 Å². The van der Waals surface area contributed by atoms with Gasteiger partial charge in [0.15, 0.2) is 6.10 Å². The van der Waals surface area contributed by atoms with Crippen molar-refractivity contribution >= 4 is 23.7 Å². The maximum atomic E-state index is 10.9. The molecule has 96 valence electrons. The van der Waals surface area contributed by atoms with E-state index in [0.29, 0.717) is 0 Å². The van der Waals surface area contributed by atoms with Crippen LogP contribution in [0.5, 0.6) is 0 Å². The van der Waals surface area contributed by atoms with Crippen molar-refractivity contribution in [2.75, 3.05) is 13.2 Å². The number of carbonyl (C=O) groups is 4. The average molecular weight is 246 g/mol. The predicted octanol–water partition coefficient (Wildman–Crippen LogP) is -0.387. The Balaban J connectivity index is 4.18. The van der Waals surface area contributed by atoms with Crippen molar-refractivity contribution in [2.45, 2.75) is 26.9 Å². The van der Waals surface area contributed by atoms with E-state index in [4.69, 9.17) is 4.74 Å². The molecule has 0 saturated heterocycles. The fourth-order valence-corrected chi connectivity index (χ4v) is 0.831. The van der Waals surface area contributed by atoms with Crippen LogP contribution in [0.4, 0.5) is 0 Å². The zero-order valence-corrected chi connectivity index (χ0v) is 9.85. The van der Waals surface area contributed by atoms with Crippen molar-refractivity contribution in [1.82, 2.24) is 0 Å². The van der Waals surface area contributed by atoms with E-state index in [0.717, 1.165) is 13.8 Å². The molecule has 0 aromatic rings. The molecular formula is C10H14O7. The minimum atomic E-state index is -1.04. The van der Waals surface area contributed by atoms with Crippen molar-refractivity contribution in [2.24, 2.45) is 0 Å².